The van der Waals surface area contributed by atoms with Crippen molar-refractivity contribution in [3.05, 3.63) is 167 Å². The van der Waals surface area contributed by atoms with Crippen LogP contribution >= 0.6 is 0 Å². The number of ether oxygens (including phenoxy) is 2. The first-order chi connectivity index (χ1) is 31.8. The van der Waals surface area contributed by atoms with Crippen LogP contribution in [-0.2, 0) is 29.1 Å². The second-order valence-electron chi connectivity index (χ2n) is 16.4. The van der Waals surface area contributed by atoms with Crippen molar-refractivity contribution in [1.29, 1.82) is 0 Å². The molecule has 2 N–H and O–H groups in total. The molecule has 0 saturated carbocycles. The largest absolute Gasteiger partial charge is 0.462 e. The van der Waals surface area contributed by atoms with Gasteiger partial charge in [0.25, 0.3) is 0 Å². The van der Waals surface area contributed by atoms with E-state index in [1.54, 1.807) is 60.7 Å². The summed E-state index contributed by atoms with van der Waals surface area (Å²) < 4.78 is 58.7. The minimum absolute atomic E-state index is 0.235. The summed E-state index contributed by atoms with van der Waals surface area (Å²) in [5.41, 5.74) is 17.2. The highest BCUT2D eigenvalue weighted by Crippen LogP contribution is 2.39. The second-order valence-corrected chi connectivity index (χ2v) is 20.5. The van der Waals surface area contributed by atoms with Gasteiger partial charge in [0.2, 0.25) is 0 Å². The normalized spacial score (nSPS) is 13.7. The van der Waals surface area contributed by atoms with Crippen LogP contribution in [0.3, 0.4) is 0 Å². The minimum Gasteiger partial charge on any atom is -0.462 e. The Morgan fingerprint density at radius 1 is 0.424 bits per heavy atom. The summed E-state index contributed by atoms with van der Waals surface area (Å²) in [5, 5.41) is 9.34. The first-order valence-corrected chi connectivity index (χ1v) is 25.7. The van der Waals surface area contributed by atoms with Crippen molar-refractivity contribution in [3.8, 4) is 22.3 Å². The van der Waals surface area contributed by atoms with E-state index < -0.39 is 19.7 Å². The first kappa shape index (κ1) is 45.7. The van der Waals surface area contributed by atoms with Gasteiger partial charge in [0.15, 0.2) is 19.7 Å². The molecule has 338 valence electrons. The number of hydrogen-bond donors (Lipinski definition) is 2. The van der Waals surface area contributed by atoms with Gasteiger partial charge in [0, 0.05) is 34.8 Å². The smallest absolute Gasteiger partial charge is 0.338 e. The van der Waals surface area contributed by atoms with Crippen LogP contribution in [-0.4, -0.2) is 65.9 Å². The summed E-state index contributed by atoms with van der Waals surface area (Å²) >= 11 is 0. The third kappa shape index (κ3) is 10.6. The number of carbonyl (C=O) groups excluding carboxylic acids is 2. The summed E-state index contributed by atoms with van der Waals surface area (Å²) in [6, 6.07) is 39.6. The molecule has 0 spiro atoms. The van der Waals surface area contributed by atoms with Gasteiger partial charge in [-0.1, -0.05) is 99.2 Å². The molecular weight excluding hydrogens is 873 g/mol. The topological polar surface area (TPSA) is 170 Å². The summed E-state index contributed by atoms with van der Waals surface area (Å²) in [4.78, 5) is 26.6. The van der Waals surface area contributed by atoms with E-state index in [2.05, 4.69) is 21.1 Å². The van der Waals surface area contributed by atoms with Crippen molar-refractivity contribution in [2.24, 2.45) is 10.2 Å². The Morgan fingerprint density at radius 2 is 0.758 bits per heavy atom. The van der Waals surface area contributed by atoms with Gasteiger partial charge < -0.3 is 9.47 Å². The number of sulfone groups is 2. The number of nitrogens with zero attached hydrogens (tertiary/aromatic N) is 2. The molecule has 12 nitrogen and oxygen atoms in total. The average molecular weight is 923 g/mol. The van der Waals surface area contributed by atoms with E-state index in [1.165, 1.54) is 12.5 Å². The number of rotatable bonds is 19. The third-order valence-corrected chi connectivity index (χ3v) is 13.9. The number of hydrazone groups is 2. The number of carbonyl (C=O) groups is 2. The fraction of sp³-hybridized carbons (Fsp3) is 0.231. The summed E-state index contributed by atoms with van der Waals surface area (Å²) in [6.45, 7) is 0.696. The number of benzene rings is 6. The molecule has 2 aliphatic carbocycles. The van der Waals surface area contributed by atoms with Crippen LogP contribution in [0.25, 0.3) is 22.3 Å². The highest BCUT2D eigenvalue weighted by atomic mass is 32.2. The standard InChI is InChI=1S/C52H50N4O8S2/c1-65(59,60)39-25-21-37(22-26-39)53-55-49-43-17-11-9-15-41(43)47-33-35(19-29-45(47)49)51(57)63-31-13-7-5-3-4-6-8-14-32-64-52(58)36-20-30-46-48(34-36)42-16-10-12-18-44(42)50(46)56-54-38-23-27-40(28-24-38)66(2,61)62/h9-12,15-30,33-34,53-54H,3-8,13-14,31-32H2,1-2H3/b55-49+,56-50+. The Morgan fingerprint density at radius 3 is 1.12 bits per heavy atom. The number of unbranched alkanes of at least 4 members (excludes halogenated alkanes) is 7. The highest BCUT2D eigenvalue weighted by molar-refractivity contribution is 7.91. The van der Waals surface area contributed by atoms with E-state index in [4.69, 9.17) is 9.47 Å². The van der Waals surface area contributed by atoms with Gasteiger partial charge in [0.05, 0.1) is 56.9 Å². The van der Waals surface area contributed by atoms with Crippen molar-refractivity contribution in [3.63, 3.8) is 0 Å². The number of fused-ring (bicyclic) bond motifs is 6. The molecule has 0 atom stereocenters. The summed E-state index contributed by atoms with van der Waals surface area (Å²) in [7, 11) is -6.60. The monoisotopic (exact) mass is 922 g/mol. The van der Waals surface area contributed by atoms with Crippen LogP contribution in [0.4, 0.5) is 11.4 Å². The lowest BCUT2D eigenvalue weighted by molar-refractivity contribution is 0.0487. The SMILES string of the molecule is CS(=O)(=O)c1ccc(N/N=C2\c3ccccc3-c3cc(C(=O)OCCCCCCCCCCOC(=O)c4ccc5c(c4)-c4ccccc4/C5=N\Nc4ccc(S(C)(=O)=O)cc4)ccc32)cc1. The Hall–Kier alpha value is -6.90. The maximum Gasteiger partial charge on any atom is 0.338 e. The lowest BCUT2D eigenvalue weighted by Gasteiger charge is -2.08. The summed E-state index contributed by atoms with van der Waals surface area (Å²) in [5.74, 6) is -0.726. The predicted octanol–water partition coefficient (Wildman–Crippen LogP) is 10.3. The molecule has 0 aliphatic heterocycles. The Labute approximate surface area is 385 Å². The molecule has 2 aliphatic rings. The van der Waals surface area contributed by atoms with E-state index in [-0.39, 0.29) is 21.7 Å². The molecule has 8 rings (SSSR count). The van der Waals surface area contributed by atoms with Crippen LogP contribution in [0.5, 0.6) is 0 Å². The van der Waals surface area contributed by atoms with Crippen LogP contribution in [0.2, 0.25) is 0 Å². The van der Waals surface area contributed by atoms with E-state index in [0.29, 0.717) is 35.7 Å². The zero-order chi connectivity index (χ0) is 46.3. The van der Waals surface area contributed by atoms with Crippen molar-refractivity contribution in [1.82, 2.24) is 0 Å². The molecule has 66 heavy (non-hydrogen) atoms. The lowest BCUT2D eigenvalue weighted by atomic mass is 10.0. The molecule has 0 heterocycles. The van der Waals surface area contributed by atoms with Crippen molar-refractivity contribution < 1.29 is 35.9 Å². The molecule has 0 saturated heterocycles. The minimum atomic E-state index is -3.30. The Kier molecular flexibility index (Phi) is 13.9. The fourth-order valence-corrected chi connectivity index (χ4v) is 9.40. The molecule has 0 bridgehead atoms. The Balaban J connectivity index is 0.728. The summed E-state index contributed by atoms with van der Waals surface area (Å²) in [6.07, 6.45) is 10.1. The van der Waals surface area contributed by atoms with E-state index in [1.807, 2.05) is 72.8 Å². The zero-order valence-electron chi connectivity index (χ0n) is 36.7. The van der Waals surface area contributed by atoms with Crippen LogP contribution in [0, 0.1) is 0 Å². The van der Waals surface area contributed by atoms with Gasteiger partial charge in [-0.2, -0.15) is 10.2 Å². The second kappa shape index (κ2) is 20.1. The molecular formula is C52H50N4O8S2. The Bertz CT molecular complexity index is 2870. The molecule has 0 fully saturated rings. The zero-order valence-corrected chi connectivity index (χ0v) is 38.4. The molecule has 0 amide bonds. The molecule has 6 aromatic rings. The predicted molar refractivity (Wildman–Crippen MR) is 259 cm³/mol. The molecule has 14 heteroatoms. The third-order valence-electron chi connectivity index (χ3n) is 11.6. The average Bonchev–Trinajstić information content (AvgIpc) is 3.81. The van der Waals surface area contributed by atoms with Crippen LogP contribution < -0.4 is 10.9 Å². The van der Waals surface area contributed by atoms with Crippen LogP contribution in [0.15, 0.2) is 153 Å². The number of nitrogens with one attached hydrogen (secondary N) is 2. The maximum absolute atomic E-state index is 13.1. The van der Waals surface area contributed by atoms with E-state index in [9.17, 15) is 26.4 Å². The lowest BCUT2D eigenvalue weighted by Crippen LogP contribution is -2.08. The van der Waals surface area contributed by atoms with Gasteiger partial charge in [-0.05, 0) is 108 Å². The van der Waals surface area contributed by atoms with Gasteiger partial charge in [-0.25, -0.2) is 26.4 Å². The van der Waals surface area contributed by atoms with E-state index >= 15 is 0 Å². The van der Waals surface area contributed by atoms with Gasteiger partial charge in [-0.15, -0.1) is 0 Å². The molecule has 6 aromatic carbocycles. The van der Waals surface area contributed by atoms with E-state index in [0.717, 1.165) is 107 Å². The fourth-order valence-electron chi connectivity index (χ4n) is 8.14. The number of esters is 2. The number of anilines is 2. The molecule has 0 aromatic heterocycles. The molecule has 0 unspecified atom stereocenters. The highest BCUT2D eigenvalue weighted by Gasteiger charge is 2.28. The van der Waals surface area contributed by atoms with Gasteiger partial charge in [-0.3, -0.25) is 10.9 Å². The van der Waals surface area contributed by atoms with Crippen molar-refractivity contribution in [2.45, 2.75) is 61.2 Å². The number of hydrogen-bond acceptors (Lipinski definition) is 12. The van der Waals surface area contributed by atoms with Gasteiger partial charge >= 0.3 is 11.9 Å². The molecule has 0 radical (unpaired) electrons. The first-order valence-electron chi connectivity index (χ1n) is 22.0. The maximum atomic E-state index is 13.1. The van der Waals surface area contributed by atoms with Crippen LogP contribution in [0.1, 0.15) is 94.3 Å². The quantitative estimate of drug-likeness (QED) is 0.0452. The van der Waals surface area contributed by atoms with Crippen molar-refractivity contribution >= 4 is 54.4 Å². The van der Waals surface area contributed by atoms with Gasteiger partial charge in [0.1, 0.15) is 0 Å². The van der Waals surface area contributed by atoms with Crippen molar-refractivity contribution in [2.75, 3.05) is 36.6 Å².